The molecule has 0 saturated heterocycles. The molecule has 0 bridgehead atoms. The van der Waals surface area contributed by atoms with Crippen LogP contribution >= 0.6 is 0 Å². The Balaban J connectivity index is 2.11. The Morgan fingerprint density at radius 2 is 2.11 bits per heavy atom. The maximum atomic E-state index is 11.2. The summed E-state index contributed by atoms with van der Waals surface area (Å²) >= 11 is 0. The highest BCUT2D eigenvalue weighted by Gasteiger charge is 2.20. The zero-order valence-corrected chi connectivity index (χ0v) is 11.6. The second-order valence-corrected chi connectivity index (χ2v) is 5.19. The minimum Gasteiger partial charge on any atom is -0.496 e. The molecule has 0 amide bonds. The van der Waals surface area contributed by atoms with Crippen LogP contribution in [0.5, 0.6) is 5.75 Å². The van der Waals surface area contributed by atoms with Crippen LogP contribution in [0.2, 0.25) is 0 Å². The highest BCUT2D eigenvalue weighted by Crippen LogP contribution is 2.25. The average molecular weight is 263 g/mol. The van der Waals surface area contributed by atoms with Crippen molar-refractivity contribution in [1.82, 2.24) is 4.90 Å². The van der Waals surface area contributed by atoms with Gasteiger partial charge in [0.25, 0.3) is 0 Å². The first-order valence-electron chi connectivity index (χ1n) is 6.72. The van der Waals surface area contributed by atoms with Crippen LogP contribution in [0.3, 0.4) is 0 Å². The number of carboxylic acids is 1. The molecule has 0 radical (unpaired) electrons. The molecule has 0 aliphatic heterocycles. The first-order chi connectivity index (χ1) is 9.11. The summed E-state index contributed by atoms with van der Waals surface area (Å²) in [5, 5.41) is 9.17. The van der Waals surface area contributed by atoms with Crippen molar-refractivity contribution < 1.29 is 14.6 Å². The summed E-state index contributed by atoms with van der Waals surface area (Å²) in [4.78, 5) is 13.5. The first-order valence-corrected chi connectivity index (χ1v) is 6.72. The third-order valence-corrected chi connectivity index (χ3v) is 3.87. The van der Waals surface area contributed by atoms with Gasteiger partial charge in [0.05, 0.1) is 7.11 Å². The lowest BCUT2D eigenvalue weighted by Gasteiger charge is -2.24. The zero-order chi connectivity index (χ0) is 13.8. The summed E-state index contributed by atoms with van der Waals surface area (Å²) in [7, 11) is 3.60. The van der Waals surface area contributed by atoms with E-state index in [4.69, 9.17) is 4.74 Å². The van der Waals surface area contributed by atoms with E-state index >= 15 is 0 Å². The molecule has 2 rings (SSSR count). The van der Waals surface area contributed by atoms with E-state index in [2.05, 4.69) is 11.9 Å². The molecule has 1 saturated carbocycles. The highest BCUT2D eigenvalue weighted by atomic mass is 16.5. The molecule has 1 aromatic rings. The first kappa shape index (κ1) is 13.9. The molecular formula is C15H21NO3. The van der Waals surface area contributed by atoms with Crippen LogP contribution in [0, 0.1) is 0 Å². The van der Waals surface area contributed by atoms with E-state index in [1.54, 1.807) is 12.1 Å². The summed E-state index contributed by atoms with van der Waals surface area (Å²) in [5.74, 6) is -0.526. The molecule has 0 heterocycles. The number of aromatic carboxylic acids is 1. The van der Waals surface area contributed by atoms with Gasteiger partial charge in [0.15, 0.2) is 0 Å². The molecule has 19 heavy (non-hydrogen) atoms. The number of hydrogen-bond donors (Lipinski definition) is 1. The second kappa shape index (κ2) is 6.06. The normalized spacial score (nSPS) is 15.9. The van der Waals surface area contributed by atoms with E-state index in [1.165, 1.54) is 32.8 Å². The molecule has 0 aromatic heterocycles. The SMILES string of the molecule is COc1ccc(CN(C)C2CCCC2)cc1C(=O)O. The predicted molar refractivity (Wildman–Crippen MR) is 73.7 cm³/mol. The van der Waals surface area contributed by atoms with Gasteiger partial charge in [-0.2, -0.15) is 0 Å². The Bertz CT molecular complexity index is 453. The minimum atomic E-state index is -0.942. The molecule has 4 heteroatoms. The van der Waals surface area contributed by atoms with Crippen molar-refractivity contribution in [1.29, 1.82) is 0 Å². The molecule has 4 nitrogen and oxygen atoms in total. The van der Waals surface area contributed by atoms with Crippen molar-refractivity contribution >= 4 is 5.97 Å². The summed E-state index contributed by atoms with van der Waals surface area (Å²) < 4.78 is 5.07. The van der Waals surface area contributed by atoms with Gasteiger partial charge in [0.2, 0.25) is 0 Å². The fourth-order valence-corrected chi connectivity index (χ4v) is 2.78. The van der Waals surface area contributed by atoms with E-state index < -0.39 is 5.97 Å². The fourth-order valence-electron chi connectivity index (χ4n) is 2.78. The number of benzene rings is 1. The molecule has 1 aliphatic rings. The quantitative estimate of drug-likeness (QED) is 0.887. The zero-order valence-electron chi connectivity index (χ0n) is 11.6. The van der Waals surface area contributed by atoms with Gasteiger partial charge in [-0.1, -0.05) is 18.9 Å². The second-order valence-electron chi connectivity index (χ2n) is 5.19. The van der Waals surface area contributed by atoms with Crippen LogP contribution in [-0.2, 0) is 6.54 Å². The third-order valence-electron chi connectivity index (χ3n) is 3.87. The van der Waals surface area contributed by atoms with Crippen molar-refractivity contribution in [3.05, 3.63) is 29.3 Å². The van der Waals surface area contributed by atoms with Gasteiger partial charge in [-0.3, -0.25) is 4.90 Å². The van der Waals surface area contributed by atoms with Crippen molar-refractivity contribution in [3.8, 4) is 5.75 Å². The van der Waals surface area contributed by atoms with Gasteiger partial charge in [-0.25, -0.2) is 4.79 Å². The molecule has 0 spiro atoms. The van der Waals surface area contributed by atoms with Gasteiger partial charge in [-0.05, 0) is 37.6 Å². The van der Waals surface area contributed by atoms with Gasteiger partial charge in [-0.15, -0.1) is 0 Å². The standard InChI is InChI=1S/C15H21NO3/c1-16(12-5-3-4-6-12)10-11-7-8-14(19-2)13(9-11)15(17)18/h7-9,12H,3-6,10H2,1-2H3,(H,17,18). The van der Waals surface area contributed by atoms with Gasteiger partial charge >= 0.3 is 5.97 Å². The molecule has 0 unspecified atom stereocenters. The average Bonchev–Trinajstić information content (AvgIpc) is 2.92. The van der Waals surface area contributed by atoms with Crippen molar-refractivity contribution in [2.24, 2.45) is 0 Å². The monoisotopic (exact) mass is 263 g/mol. The Labute approximate surface area is 114 Å². The Kier molecular flexibility index (Phi) is 4.43. The van der Waals surface area contributed by atoms with Crippen molar-refractivity contribution in [3.63, 3.8) is 0 Å². The Morgan fingerprint density at radius 1 is 1.42 bits per heavy atom. The van der Waals surface area contributed by atoms with Crippen molar-refractivity contribution in [2.75, 3.05) is 14.2 Å². The van der Waals surface area contributed by atoms with E-state index in [-0.39, 0.29) is 5.56 Å². The van der Waals surface area contributed by atoms with Crippen LogP contribution in [0.4, 0.5) is 0 Å². The summed E-state index contributed by atoms with van der Waals surface area (Å²) in [6, 6.07) is 6.03. The summed E-state index contributed by atoms with van der Waals surface area (Å²) in [5.41, 5.74) is 1.26. The van der Waals surface area contributed by atoms with E-state index in [1.807, 2.05) is 6.07 Å². The van der Waals surface area contributed by atoms with Gasteiger partial charge in [0, 0.05) is 12.6 Å². The molecule has 104 valence electrons. The highest BCUT2D eigenvalue weighted by molar-refractivity contribution is 5.91. The maximum Gasteiger partial charge on any atom is 0.339 e. The number of carbonyl (C=O) groups is 1. The van der Waals surface area contributed by atoms with E-state index in [9.17, 15) is 9.90 Å². The number of methoxy groups -OCH3 is 1. The van der Waals surface area contributed by atoms with Gasteiger partial charge in [0.1, 0.15) is 11.3 Å². The lowest BCUT2D eigenvalue weighted by atomic mass is 10.1. The van der Waals surface area contributed by atoms with E-state index in [0.29, 0.717) is 11.8 Å². The summed E-state index contributed by atoms with van der Waals surface area (Å²) in [6.07, 6.45) is 5.10. The smallest absolute Gasteiger partial charge is 0.339 e. The Morgan fingerprint density at radius 3 is 2.68 bits per heavy atom. The predicted octanol–water partition coefficient (Wildman–Crippen LogP) is 2.77. The van der Waals surface area contributed by atoms with E-state index in [0.717, 1.165) is 12.1 Å². The third kappa shape index (κ3) is 3.26. The number of ether oxygens (including phenoxy) is 1. The van der Waals surface area contributed by atoms with Crippen LogP contribution in [0.15, 0.2) is 18.2 Å². The lowest BCUT2D eigenvalue weighted by molar-refractivity contribution is 0.0693. The molecule has 1 aromatic carbocycles. The van der Waals surface area contributed by atoms with Crippen LogP contribution in [0.25, 0.3) is 0 Å². The minimum absolute atomic E-state index is 0.236. The molecule has 1 aliphatic carbocycles. The van der Waals surface area contributed by atoms with Crippen LogP contribution < -0.4 is 4.74 Å². The lowest BCUT2D eigenvalue weighted by Crippen LogP contribution is -2.28. The molecule has 0 atom stereocenters. The fraction of sp³-hybridized carbons (Fsp3) is 0.533. The maximum absolute atomic E-state index is 11.2. The molecular weight excluding hydrogens is 242 g/mol. The van der Waals surface area contributed by atoms with Crippen LogP contribution in [0.1, 0.15) is 41.6 Å². The molecule has 1 fully saturated rings. The topological polar surface area (TPSA) is 49.8 Å². The van der Waals surface area contributed by atoms with Gasteiger partial charge < -0.3 is 9.84 Å². The van der Waals surface area contributed by atoms with Crippen LogP contribution in [-0.4, -0.2) is 36.2 Å². The molecule has 1 N–H and O–H groups in total. The largest absolute Gasteiger partial charge is 0.496 e. The van der Waals surface area contributed by atoms with Crippen molar-refractivity contribution in [2.45, 2.75) is 38.3 Å². The number of nitrogens with zero attached hydrogens (tertiary/aromatic N) is 1. The Hall–Kier alpha value is -1.55. The summed E-state index contributed by atoms with van der Waals surface area (Å²) in [6.45, 7) is 0.787. The number of carboxylic acid groups (broad SMARTS) is 1. The number of hydrogen-bond acceptors (Lipinski definition) is 3. The number of rotatable bonds is 5.